The third-order valence-corrected chi connectivity index (χ3v) is 4.76. The number of phenolic OH excluding ortho intramolecular Hbond substituents is 2. The molecule has 3 rings (SSSR count). The molecule has 0 atom stereocenters. The molecule has 0 aromatic heterocycles. The highest BCUT2D eigenvalue weighted by molar-refractivity contribution is 6.41. The molecule has 10 nitrogen and oxygen atoms in total. The van der Waals surface area contributed by atoms with Crippen LogP contribution in [0.1, 0.15) is 26.3 Å². The largest absolute Gasteiger partial charge is 0.507 e. The number of phenols is 3. The van der Waals surface area contributed by atoms with Gasteiger partial charge in [-0.2, -0.15) is 0 Å². The smallest absolute Gasteiger partial charge is 0.451 e. The molecule has 2 aromatic carbocycles. The number of likely N-dealkylation sites (tertiary alicyclic amines) is 1. The summed E-state index contributed by atoms with van der Waals surface area (Å²) in [5, 5.41) is 56.4. The topological polar surface area (TPSA) is 168 Å². The fraction of sp³-hybridized carbons (Fsp3) is 0.263. The molecule has 0 spiro atoms. The minimum absolute atomic E-state index is 0.0623. The monoisotopic (exact) mass is 417 g/mol. The first-order valence-corrected chi connectivity index (χ1v) is 9.09. The van der Waals surface area contributed by atoms with Crippen molar-refractivity contribution in [3.8, 4) is 23.0 Å². The molecule has 1 fully saturated rings. The lowest BCUT2D eigenvalue weighted by molar-refractivity contribution is 0.0168. The summed E-state index contributed by atoms with van der Waals surface area (Å²) in [5.41, 5.74) is -0.0124. The Balaban J connectivity index is 1.67. The first kappa shape index (κ1) is 21.3. The highest BCUT2D eigenvalue weighted by atomic mass is 16.5. The van der Waals surface area contributed by atoms with Gasteiger partial charge in [0.05, 0.1) is 13.1 Å². The lowest BCUT2D eigenvalue weighted by Gasteiger charge is -2.39. The fourth-order valence-electron chi connectivity index (χ4n) is 3.10. The van der Waals surface area contributed by atoms with Crippen molar-refractivity contribution < 1.29 is 44.8 Å². The molecular formula is C19H20BNO9. The molecule has 1 aliphatic rings. The van der Waals surface area contributed by atoms with E-state index in [0.29, 0.717) is 0 Å². The van der Waals surface area contributed by atoms with Gasteiger partial charge in [-0.25, -0.2) is 4.79 Å². The summed E-state index contributed by atoms with van der Waals surface area (Å²) in [6.07, 6.45) is -0.503. The Morgan fingerprint density at radius 3 is 2.37 bits per heavy atom. The van der Waals surface area contributed by atoms with Crippen LogP contribution in [0.4, 0.5) is 0 Å². The Kier molecular flexibility index (Phi) is 6.04. The van der Waals surface area contributed by atoms with Gasteiger partial charge in [0, 0.05) is 5.56 Å². The second kappa shape index (κ2) is 8.51. The van der Waals surface area contributed by atoms with E-state index in [9.17, 15) is 30.0 Å². The van der Waals surface area contributed by atoms with E-state index < -0.39 is 36.3 Å². The molecule has 0 aliphatic carbocycles. The van der Waals surface area contributed by atoms with E-state index in [2.05, 4.69) is 0 Å². The van der Waals surface area contributed by atoms with Gasteiger partial charge in [0.15, 0.2) is 11.5 Å². The summed E-state index contributed by atoms with van der Waals surface area (Å²) < 4.78 is 5.64. The summed E-state index contributed by atoms with van der Waals surface area (Å²) >= 11 is 0. The highest BCUT2D eigenvalue weighted by Gasteiger charge is 2.34. The van der Waals surface area contributed by atoms with E-state index in [4.69, 9.17) is 14.8 Å². The van der Waals surface area contributed by atoms with Gasteiger partial charge in [-0.3, -0.25) is 4.79 Å². The summed E-state index contributed by atoms with van der Waals surface area (Å²) in [6, 6.07) is 6.54. The molecule has 1 aliphatic heterocycles. The number of benzene rings is 2. The van der Waals surface area contributed by atoms with Crippen LogP contribution in [0.3, 0.4) is 0 Å². The Morgan fingerprint density at radius 1 is 1.07 bits per heavy atom. The van der Waals surface area contributed by atoms with Crippen LogP contribution in [0, 0.1) is 0 Å². The zero-order chi connectivity index (χ0) is 22.0. The molecule has 30 heavy (non-hydrogen) atoms. The van der Waals surface area contributed by atoms with Gasteiger partial charge in [0.2, 0.25) is 0 Å². The summed E-state index contributed by atoms with van der Waals surface area (Å²) in [5.74, 6) is -3.11. The van der Waals surface area contributed by atoms with Crippen molar-refractivity contribution >= 4 is 19.0 Å². The molecule has 0 radical (unpaired) electrons. The van der Waals surface area contributed by atoms with Crippen molar-refractivity contribution in [2.45, 2.75) is 18.8 Å². The van der Waals surface area contributed by atoms with Crippen LogP contribution in [-0.2, 0) is 6.42 Å². The molecule has 158 valence electrons. The molecule has 1 saturated heterocycles. The fourth-order valence-corrected chi connectivity index (χ4v) is 3.10. The molecular weight excluding hydrogens is 397 g/mol. The SMILES string of the molecule is O=C(O)c1c(OC2CN(C(=O)c3ccc(O)c(O)c3)C2)ccc(CCB(O)O)c1O. The maximum Gasteiger partial charge on any atom is 0.451 e. The van der Waals surface area contributed by atoms with Gasteiger partial charge in [0.25, 0.3) is 5.91 Å². The van der Waals surface area contributed by atoms with Gasteiger partial charge in [-0.05, 0) is 42.6 Å². The molecule has 2 aromatic rings. The number of carbonyl (C=O) groups excluding carboxylic acids is 1. The predicted octanol–water partition coefficient (Wildman–Crippen LogP) is 0.420. The number of aromatic carboxylic acids is 1. The standard InChI is InChI=1S/C19H20BNO9/c22-13-3-1-11(7-14(13)23)18(25)21-8-12(9-21)30-15-4-2-10(5-6-20(28)29)17(24)16(15)19(26)27/h1-4,7,12,22-24,28-29H,5-6,8-9H2,(H,26,27). The van der Waals surface area contributed by atoms with E-state index in [0.717, 1.165) is 6.07 Å². The second-order valence-electron chi connectivity index (χ2n) is 6.92. The van der Waals surface area contributed by atoms with Gasteiger partial charge in [0.1, 0.15) is 23.2 Å². The van der Waals surface area contributed by atoms with E-state index in [-0.39, 0.29) is 54.4 Å². The number of amides is 1. The van der Waals surface area contributed by atoms with Crippen LogP contribution in [0.5, 0.6) is 23.0 Å². The number of rotatable bonds is 7. The van der Waals surface area contributed by atoms with E-state index in [1.165, 1.54) is 29.2 Å². The summed E-state index contributed by atoms with van der Waals surface area (Å²) in [6.45, 7) is 0.331. The average molecular weight is 417 g/mol. The molecule has 6 N–H and O–H groups in total. The molecule has 11 heteroatoms. The number of hydrogen-bond acceptors (Lipinski definition) is 8. The van der Waals surface area contributed by atoms with Crippen molar-refractivity contribution in [1.29, 1.82) is 0 Å². The van der Waals surface area contributed by atoms with Crippen molar-refractivity contribution in [3.05, 3.63) is 47.0 Å². The van der Waals surface area contributed by atoms with Crippen LogP contribution in [-0.4, -0.2) is 73.6 Å². The molecule has 0 bridgehead atoms. The zero-order valence-electron chi connectivity index (χ0n) is 15.7. The van der Waals surface area contributed by atoms with Crippen molar-refractivity contribution in [2.75, 3.05) is 13.1 Å². The number of nitrogens with zero attached hydrogens (tertiary/aromatic N) is 1. The number of aryl methyl sites for hydroxylation is 1. The Hall–Kier alpha value is -3.44. The maximum absolute atomic E-state index is 12.4. The predicted molar refractivity (Wildman–Crippen MR) is 104 cm³/mol. The van der Waals surface area contributed by atoms with Crippen molar-refractivity contribution in [1.82, 2.24) is 4.90 Å². The minimum atomic E-state index is -1.58. The highest BCUT2D eigenvalue weighted by Crippen LogP contribution is 2.34. The van der Waals surface area contributed by atoms with Gasteiger partial charge < -0.3 is 40.1 Å². The molecule has 1 amide bonds. The first-order chi connectivity index (χ1) is 14.2. The number of carbonyl (C=O) groups is 2. The van der Waals surface area contributed by atoms with Gasteiger partial charge in [-0.15, -0.1) is 0 Å². The van der Waals surface area contributed by atoms with Crippen molar-refractivity contribution in [2.24, 2.45) is 0 Å². The lowest BCUT2D eigenvalue weighted by Crippen LogP contribution is -2.56. The number of hydrogen-bond donors (Lipinski definition) is 6. The minimum Gasteiger partial charge on any atom is -0.507 e. The number of carboxylic acids is 1. The second-order valence-corrected chi connectivity index (χ2v) is 6.92. The number of aromatic hydroxyl groups is 3. The van der Waals surface area contributed by atoms with Gasteiger partial charge >= 0.3 is 13.1 Å². The third-order valence-electron chi connectivity index (χ3n) is 4.76. The average Bonchev–Trinajstić information content (AvgIpc) is 2.64. The van der Waals surface area contributed by atoms with Crippen LogP contribution < -0.4 is 4.74 Å². The molecule has 0 unspecified atom stereocenters. The van der Waals surface area contributed by atoms with Crippen molar-refractivity contribution in [3.63, 3.8) is 0 Å². The first-order valence-electron chi connectivity index (χ1n) is 9.09. The van der Waals surface area contributed by atoms with Crippen LogP contribution in [0.2, 0.25) is 6.32 Å². The van der Waals surface area contributed by atoms with E-state index in [1.54, 1.807) is 0 Å². The van der Waals surface area contributed by atoms with Crippen LogP contribution in [0.25, 0.3) is 0 Å². The Bertz CT molecular complexity index is 973. The maximum atomic E-state index is 12.4. The Morgan fingerprint density at radius 2 is 1.77 bits per heavy atom. The molecule has 1 heterocycles. The van der Waals surface area contributed by atoms with Crippen LogP contribution in [0.15, 0.2) is 30.3 Å². The zero-order valence-corrected chi connectivity index (χ0v) is 15.7. The lowest BCUT2D eigenvalue weighted by atomic mass is 9.82. The Labute approximate surface area is 171 Å². The van der Waals surface area contributed by atoms with E-state index in [1.807, 2.05) is 0 Å². The van der Waals surface area contributed by atoms with Gasteiger partial charge in [-0.1, -0.05) is 6.07 Å². The van der Waals surface area contributed by atoms with E-state index >= 15 is 0 Å². The quantitative estimate of drug-likeness (QED) is 0.276. The number of ether oxygens (including phenoxy) is 1. The normalized spacial score (nSPS) is 13.6. The number of carboxylic acid groups (broad SMARTS) is 1. The van der Waals surface area contributed by atoms with Crippen LogP contribution >= 0.6 is 0 Å². The summed E-state index contributed by atoms with van der Waals surface area (Å²) in [7, 11) is -1.58. The third kappa shape index (κ3) is 4.42. The summed E-state index contributed by atoms with van der Waals surface area (Å²) in [4.78, 5) is 25.4. The molecule has 0 saturated carbocycles.